The van der Waals surface area contributed by atoms with Crippen LogP contribution in [-0.4, -0.2) is 36.3 Å². The van der Waals surface area contributed by atoms with E-state index in [4.69, 9.17) is 15.2 Å². The molecule has 0 saturated carbocycles. The van der Waals surface area contributed by atoms with Gasteiger partial charge in [0, 0.05) is 13.2 Å². The van der Waals surface area contributed by atoms with Crippen molar-refractivity contribution in [1.82, 2.24) is 9.97 Å². The number of nitrogens with two attached hydrogens (primary N) is 1. The van der Waals surface area contributed by atoms with Gasteiger partial charge in [0.25, 0.3) is 0 Å². The summed E-state index contributed by atoms with van der Waals surface area (Å²) in [7, 11) is 0. The Hall–Kier alpha value is -1.56. The molecule has 0 fully saturated rings. The van der Waals surface area contributed by atoms with Crippen LogP contribution in [0.25, 0.3) is 0 Å². The summed E-state index contributed by atoms with van der Waals surface area (Å²) in [5, 5.41) is 3.11. The lowest BCUT2D eigenvalue weighted by Gasteiger charge is -2.11. The van der Waals surface area contributed by atoms with Crippen LogP contribution in [0.4, 0.5) is 11.5 Å². The Labute approximate surface area is 108 Å². The van der Waals surface area contributed by atoms with Crippen molar-refractivity contribution in [3.63, 3.8) is 0 Å². The SMILES string of the molecule is CCCCOCCNc1ncnc(OCC)c1N. The molecule has 0 aromatic carbocycles. The molecule has 6 heteroatoms. The van der Waals surface area contributed by atoms with E-state index in [9.17, 15) is 0 Å². The molecule has 1 aromatic rings. The molecule has 0 aliphatic heterocycles. The molecule has 6 nitrogen and oxygen atoms in total. The highest BCUT2D eigenvalue weighted by Gasteiger charge is 2.07. The lowest BCUT2D eigenvalue weighted by molar-refractivity contribution is 0.141. The number of hydrogen-bond donors (Lipinski definition) is 2. The van der Waals surface area contributed by atoms with Gasteiger partial charge in [0.2, 0.25) is 5.88 Å². The van der Waals surface area contributed by atoms with Crippen molar-refractivity contribution in [3.05, 3.63) is 6.33 Å². The molecule has 1 rings (SSSR count). The van der Waals surface area contributed by atoms with Crippen molar-refractivity contribution in [1.29, 1.82) is 0 Å². The minimum atomic E-state index is 0.418. The number of aromatic nitrogens is 2. The molecule has 0 atom stereocenters. The minimum absolute atomic E-state index is 0.418. The van der Waals surface area contributed by atoms with Gasteiger partial charge in [-0.25, -0.2) is 4.98 Å². The van der Waals surface area contributed by atoms with Gasteiger partial charge in [-0.2, -0.15) is 4.98 Å². The van der Waals surface area contributed by atoms with Gasteiger partial charge in [-0.3, -0.25) is 0 Å². The number of anilines is 2. The number of unbranched alkanes of at least 4 members (excludes halogenated alkanes) is 1. The predicted octanol–water partition coefficient (Wildman–Crippen LogP) is 1.69. The molecule has 18 heavy (non-hydrogen) atoms. The Bertz CT molecular complexity index is 347. The molecule has 3 N–H and O–H groups in total. The summed E-state index contributed by atoms with van der Waals surface area (Å²) in [6, 6.07) is 0. The first-order valence-electron chi connectivity index (χ1n) is 6.34. The van der Waals surface area contributed by atoms with Crippen LogP contribution in [0.5, 0.6) is 5.88 Å². The smallest absolute Gasteiger partial charge is 0.242 e. The molecule has 0 radical (unpaired) electrons. The molecule has 0 bridgehead atoms. The quantitative estimate of drug-likeness (QED) is 0.652. The van der Waals surface area contributed by atoms with Crippen molar-refractivity contribution in [2.24, 2.45) is 0 Å². The first-order valence-corrected chi connectivity index (χ1v) is 6.34. The molecule has 0 unspecified atom stereocenters. The van der Waals surface area contributed by atoms with E-state index in [1.807, 2.05) is 6.92 Å². The zero-order valence-corrected chi connectivity index (χ0v) is 11.1. The first kappa shape index (κ1) is 14.5. The van der Waals surface area contributed by atoms with Crippen LogP contribution in [0, 0.1) is 0 Å². The average molecular weight is 254 g/mol. The summed E-state index contributed by atoms with van der Waals surface area (Å²) >= 11 is 0. The topological polar surface area (TPSA) is 82.3 Å². The summed E-state index contributed by atoms with van der Waals surface area (Å²) in [6.45, 7) is 6.64. The van der Waals surface area contributed by atoms with Crippen LogP contribution in [-0.2, 0) is 4.74 Å². The summed E-state index contributed by atoms with van der Waals surface area (Å²) in [4.78, 5) is 8.04. The third kappa shape index (κ3) is 4.75. The summed E-state index contributed by atoms with van der Waals surface area (Å²) in [6.07, 6.45) is 3.66. The third-order valence-electron chi connectivity index (χ3n) is 2.31. The van der Waals surface area contributed by atoms with Gasteiger partial charge in [0.1, 0.15) is 12.0 Å². The Morgan fingerprint density at radius 3 is 2.83 bits per heavy atom. The molecule has 1 heterocycles. The predicted molar refractivity (Wildman–Crippen MR) is 71.8 cm³/mol. The van der Waals surface area contributed by atoms with Crippen molar-refractivity contribution in [2.45, 2.75) is 26.7 Å². The van der Waals surface area contributed by atoms with Gasteiger partial charge in [-0.1, -0.05) is 13.3 Å². The molecule has 0 amide bonds. The van der Waals surface area contributed by atoms with Crippen LogP contribution in [0.3, 0.4) is 0 Å². The monoisotopic (exact) mass is 254 g/mol. The van der Waals surface area contributed by atoms with Gasteiger partial charge in [-0.15, -0.1) is 0 Å². The highest BCUT2D eigenvalue weighted by Crippen LogP contribution is 2.23. The van der Waals surface area contributed by atoms with E-state index in [0.717, 1.165) is 19.4 Å². The summed E-state index contributed by atoms with van der Waals surface area (Å²) < 4.78 is 10.7. The van der Waals surface area contributed by atoms with E-state index >= 15 is 0 Å². The number of nitrogen functional groups attached to an aromatic ring is 1. The third-order valence-corrected chi connectivity index (χ3v) is 2.31. The Morgan fingerprint density at radius 2 is 2.11 bits per heavy atom. The van der Waals surface area contributed by atoms with Gasteiger partial charge in [-0.05, 0) is 13.3 Å². The van der Waals surface area contributed by atoms with Gasteiger partial charge >= 0.3 is 0 Å². The first-order chi connectivity index (χ1) is 8.79. The van der Waals surface area contributed by atoms with E-state index < -0.39 is 0 Å². The number of nitrogens with zero attached hydrogens (tertiary/aromatic N) is 2. The van der Waals surface area contributed by atoms with Crippen molar-refractivity contribution in [3.8, 4) is 5.88 Å². The second-order valence-electron chi connectivity index (χ2n) is 3.77. The van der Waals surface area contributed by atoms with Crippen molar-refractivity contribution < 1.29 is 9.47 Å². The highest BCUT2D eigenvalue weighted by molar-refractivity contribution is 5.66. The Morgan fingerprint density at radius 1 is 1.28 bits per heavy atom. The van der Waals surface area contributed by atoms with Gasteiger partial charge in [0.05, 0.1) is 13.2 Å². The standard InChI is InChI=1S/C12H22N4O2/c1-3-5-7-17-8-6-14-11-10(13)12(18-4-2)16-9-15-11/h9H,3-8,13H2,1-2H3,(H,14,15,16). The van der Waals surface area contributed by atoms with Crippen LogP contribution in [0.1, 0.15) is 26.7 Å². The molecular formula is C12H22N4O2. The zero-order chi connectivity index (χ0) is 13.2. The molecule has 0 saturated heterocycles. The fraction of sp³-hybridized carbons (Fsp3) is 0.667. The molecule has 0 aliphatic carbocycles. The van der Waals surface area contributed by atoms with Crippen LogP contribution >= 0.6 is 0 Å². The van der Waals surface area contributed by atoms with Crippen molar-refractivity contribution in [2.75, 3.05) is 37.4 Å². The van der Waals surface area contributed by atoms with E-state index in [1.165, 1.54) is 6.33 Å². The number of hydrogen-bond acceptors (Lipinski definition) is 6. The van der Waals surface area contributed by atoms with E-state index in [0.29, 0.717) is 37.1 Å². The summed E-state index contributed by atoms with van der Waals surface area (Å²) in [5.74, 6) is 1.01. The van der Waals surface area contributed by atoms with Gasteiger partial charge in [0.15, 0.2) is 5.82 Å². The van der Waals surface area contributed by atoms with E-state index in [2.05, 4.69) is 22.2 Å². The Balaban J connectivity index is 2.35. The molecule has 102 valence electrons. The molecule has 1 aromatic heterocycles. The largest absolute Gasteiger partial charge is 0.476 e. The number of ether oxygens (including phenoxy) is 2. The number of rotatable bonds is 9. The highest BCUT2D eigenvalue weighted by atomic mass is 16.5. The van der Waals surface area contributed by atoms with Crippen LogP contribution in [0.2, 0.25) is 0 Å². The maximum Gasteiger partial charge on any atom is 0.242 e. The number of nitrogens with one attached hydrogen (secondary N) is 1. The fourth-order valence-electron chi connectivity index (χ4n) is 1.36. The second-order valence-corrected chi connectivity index (χ2v) is 3.77. The second kappa shape index (κ2) is 8.52. The molecular weight excluding hydrogens is 232 g/mol. The molecule has 0 aliphatic rings. The maximum atomic E-state index is 5.88. The van der Waals surface area contributed by atoms with Crippen molar-refractivity contribution >= 4 is 11.5 Å². The normalized spacial score (nSPS) is 10.3. The zero-order valence-electron chi connectivity index (χ0n) is 11.1. The fourth-order valence-corrected chi connectivity index (χ4v) is 1.36. The average Bonchev–Trinajstić information content (AvgIpc) is 2.38. The Kier molecular flexibility index (Phi) is 6.86. The minimum Gasteiger partial charge on any atom is -0.476 e. The van der Waals surface area contributed by atoms with Gasteiger partial charge < -0.3 is 20.5 Å². The maximum absolute atomic E-state index is 5.88. The van der Waals surface area contributed by atoms with E-state index in [1.54, 1.807) is 0 Å². The lowest BCUT2D eigenvalue weighted by atomic mass is 10.4. The van der Waals surface area contributed by atoms with Crippen LogP contribution in [0.15, 0.2) is 6.33 Å². The van der Waals surface area contributed by atoms with Crippen LogP contribution < -0.4 is 15.8 Å². The lowest BCUT2D eigenvalue weighted by Crippen LogP contribution is -2.13. The molecule has 0 spiro atoms. The van der Waals surface area contributed by atoms with E-state index in [-0.39, 0.29) is 0 Å². The summed E-state index contributed by atoms with van der Waals surface area (Å²) in [5.41, 5.74) is 6.32.